The smallest absolute Gasteiger partial charge is 0.273 e. The molecule has 0 aliphatic carbocycles. The van der Waals surface area contributed by atoms with Gasteiger partial charge in [0, 0.05) is 18.1 Å². The van der Waals surface area contributed by atoms with Crippen LogP contribution in [0.15, 0.2) is 39.9 Å². The van der Waals surface area contributed by atoms with Crippen molar-refractivity contribution in [2.24, 2.45) is 0 Å². The molecule has 1 aromatic carbocycles. The first-order chi connectivity index (χ1) is 8.95. The molecule has 0 saturated carbocycles. The molecule has 0 aliphatic heterocycles. The molecule has 0 aliphatic rings. The monoisotopic (exact) mass is 296 g/mol. The highest BCUT2D eigenvalue weighted by Crippen LogP contribution is 2.27. The first-order valence-corrected chi connectivity index (χ1v) is 8.19. The number of hydrogen-bond acceptors (Lipinski definition) is 4. The number of aryl methyl sites for hydroxylation is 1. The Bertz CT molecular complexity index is 660. The van der Waals surface area contributed by atoms with E-state index in [9.17, 15) is 8.42 Å². The van der Waals surface area contributed by atoms with E-state index in [1.807, 2.05) is 24.3 Å². The van der Waals surface area contributed by atoms with Crippen molar-refractivity contribution < 1.29 is 8.42 Å². The zero-order valence-electron chi connectivity index (χ0n) is 10.8. The predicted octanol–water partition coefficient (Wildman–Crippen LogP) is 2.72. The predicted molar refractivity (Wildman–Crippen MR) is 80.1 cm³/mol. The van der Waals surface area contributed by atoms with Gasteiger partial charge < -0.3 is 5.73 Å². The SMILES string of the molecule is CCc1ccc(N(C)S(=O)(=O)c2cc(N)cs2)cc1. The van der Waals surface area contributed by atoms with E-state index in [1.165, 1.54) is 15.9 Å². The highest BCUT2D eigenvalue weighted by Gasteiger charge is 2.22. The Morgan fingerprint density at radius 2 is 1.89 bits per heavy atom. The Balaban J connectivity index is 2.34. The Morgan fingerprint density at radius 1 is 1.26 bits per heavy atom. The van der Waals surface area contributed by atoms with Gasteiger partial charge in [-0.3, -0.25) is 4.31 Å². The van der Waals surface area contributed by atoms with Crippen LogP contribution in [0.5, 0.6) is 0 Å². The summed E-state index contributed by atoms with van der Waals surface area (Å²) in [6.07, 6.45) is 0.929. The van der Waals surface area contributed by atoms with Gasteiger partial charge in [0.05, 0.1) is 5.69 Å². The van der Waals surface area contributed by atoms with Gasteiger partial charge in [-0.1, -0.05) is 19.1 Å². The van der Waals surface area contributed by atoms with Crippen LogP contribution in [0.1, 0.15) is 12.5 Å². The molecule has 2 rings (SSSR count). The number of benzene rings is 1. The fourth-order valence-corrected chi connectivity index (χ4v) is 4.13. The Hall–Kier alpha value is -1.53. The summed E-state index contributed by atoms with van der Waals surface area (Å²) >= 11 is 1.13. The number of nitrogens with two attached hydrogens (primary N) is 1. The quantitative estimate of drug-likeness (QED) is 0.943. The summed E-state index contributed by atoms with van der Waals surface area (Å²) in [5.41, 5.74) is 7.87. The van der Waals surface area contributed by atoms with E-state index in [1.54, 1.807) is 12.4 Å². The average molecular weight is 296 g/mol. The second-order valence-electron chi connectivity index (χ2n) is 4.19. The largest absolute Gasteiger partial charge is 0.398 e. The second-order valence-corrected chi connectivity index (χ2v) is 7.30. The van der Waals surface area contributed by atoms with Gasteiger partial charge in [0.25, 0.3) is 10.0 Å². The Labute approximate surface area is 117 Å². The molecule has 0 saturated heterocycles. The van der Waals surface area contributed by atoms with Gasteiger partial charge in [-0.05, 0) is 30.2 Å². The summed E-state index contributed by atoms with van der Waals surface area (Å²) in [5.74, 6) is 0. The third-order valence-corrected chi connectivity index (χ3v) is 6.14. The topological polar surface area (TPSA) is 63.4 Å². The molecule has 0 radical (unpaired) electrons. The molecule has 0 spiro atoms. The lowest BCUT2D eigenvalue weighted by Gasteiger charge is -2.18. The maximum Gasteiger partial charge on any atom is 0.273 e. The fourth-order valence-electron chi connectivity index (χ4n) is 1.68. The third-order valence-electron chi connectivity index (χ3n) is 2.92. The molecule has 102 valence electrons. The van der Waals surface area contributed by atoms with E-state index in [0.29, 0.717) is 11.4 Å². The molecule has 0 unspecified atom stereocenters. The lowest BCUT2D eigenvalue weighted by atomic mass is 10.1. The minimum atomic E-state index is -3.52. The normalized spacial score (nSPS) is 11.5. The fraction of sp³-hybridized carbons (Fsp3) is 0.231. The second kappa shape index (κ2) is 5.22. The van der Waals surface area contributed by atoms with Crippen LogP contribution in [-0.4, -0.2) is 15.5 Å². The summed E-state index contributed by atoms with van der Waals surface area (Å²) < 4.78 is 26.3. The van der Waals surface area contributed by atoms with Crippen LogP contribution < -0.4 is 10.0 Å². The molecule has 0 atom stereocenters. The average Bonchev–Trinajstić information content (AvgIpc) is 2.85. The number of nitrogen functional groups attached to an aromatic ring is 1. The summed E-state index contributed by atoms with van der Waals surface area (Å²) in [6.45, 7) is 2.06. The van der Waals surface area contributed by atoms with Crippen LogP contribution >= 0.6 is 11.3 Å². The van der Waals surface area contributed by atoms with Crippen LogP contribution in [-0.2, 0) is 16.4 Å². The van der Waals surface area contributed by atoms with Crippen molar-refractivity contribution in [1.29, 1.82) is 0 Å². The molecule has 2 N–H and O–H groups in total. The molecule has 0 bridgehead atoms. The molecule has 19 heavy (non-hydrogen) atoms. The zero-order chi connectivity index (χ0) is 14.0. The summed E-state index contributed by atoms with van der Waals surface area (Å²) in [6, 6.07) is 8.98. The van der Waals surface area contributed by atoms with Gasteiger partial charge in [0.1, 0.15) is 4.21 Å². The molecule has 1 heterocycles. The highest BCUT2D eigenvalue weighted by atomic mass is 32.2. The minimum absolute atomic E-state index is 0.257. The van der Waals surface area contributed by atoms with Crippen molar-refractivity contribution in [3.8, 4) is 0 Å². The number of sulfonamides is 1. The Morgan fingerprint density at radius 3 is 2.37 bits per heavy atom. The number of anilines is 2. The highest BCUT2D eigenvalue weighted by molar-refractivity contribution is 7.94. The molecule has 0 fully saturated rings. The van der Waals surface area contributed by atoms with Crippen molar-refractivity contribution in [2.75, 3.05) is 17.1 Å². The van der Waals surface area contributed by atoms with Crippen LogP contribution in [0, 0.1) is 0 Å². The summed E-state index contributed by atoms with van der Waals surface area (Å²) in [5, 5.41) is 1.63. The van der Waals surface area contributed by atoms with E-state index in [0.717, 1.165) is 17.8 Å². The maximum atomic E-state index is 12.4. The molecule has 0 amide bonds. The van der Waals surface area contributed by atoms with Crippen molar-refractivity contribution in [3.05, 3.63) is 41.3 Å². The lowest BCUT2D eigenvalue weighted by molar-refractivity contribution is 0.596. The number of thiophene rings is 1. The Kier molecular flexibility index (Phi) is 3.82. The molecule has 6 heteroatoms. The summed E-state index contributed by atoms with van der Waals surface area (Å²) in [7, 11) is -1.97. The van der Waals surface area contributed by atoms with E-state index in [4.69, 9.17) is 5.73 Å². The lowest BCUT2D eigenvalue weighted by Crippen LogP contribution is -2.25. The molecule has 1 aromatic heterocycles. The van der Waals surface area contributed by atoms with Gasteiger partial charge in [0.2, 0.25) is 0 Å². The van der Waals surface area contributed by atoms with Crippen LogP contribution in [0.4, 0.5) is 11.4 Å². The molecule has 2 aromatic rings. The van der Waals surface area contributed by atoms with Crippen molar-refractivity contribution >= 4 is 32.7 Å². The van der Waals surface area contributed by atoms with E-state index < -0.39 is 10.0 Å². The van der Waals surface area contributed by atoms with Crippen LogP contribution in [0.3, 0.4) is 0 Å². The zero-order valence-corrected chi connectivity index (χ0v) is 12.5. The first kappa shape index (κ1) is 13.9. The van der Waals surface area contributed by atoms with E-state index in [-0.39, 0.29) is 4.21 Å². The third kappa shape index (κ3) is 2.74. The number of hydrogen-bond donors (Lipinski definition) is 1. The summed E-state index contributed by atoms with van der Waals surface area (Å²) in [4.78, 5) is 0. The molecular formula is C13H16N2O2S2. The maximum absolute atomic E-state index is 12.4. The standard InChI is InChI=1S/C13H16N2O2S2/c1-3-10-4-6-12(7-5-10)15(2)19(16,17)13-8-11(14)9-18-13/h4-9H,3,14H2,1-2H3. The van der Waals surface area contributed by atoms with E-state index in [2.05, 4.69) is 6.92 Å². The first-order valence-electron chi connectivity index (χ1n) is 5.87. The van der Waals surface area contributed by atoms with Crippen LogP contribution in [0.2, 0.25) is 0 Å². The van der Waals surface area contributed by atoms with Gasteiger partial charge in [-0.15, -0.1) is 11.3 Å². The number of nitrogens with zero attached hydrogens (tertiary/aromatic N) is 1. The van der Waals surface area contributed by atoms with Crippen molar-refractivity contribution in [3.63, 3.8) is 0 Å². The van der Waals surface area contributed by atoms with Gasteiger partial charge in [0.15, 0.2) is 0 Å². The van der Waals surface area contributed by atoms with Crippen LogP contribution in [0.25, 0.3) is 0 Å². The minimum Gasteiger partial charge on any atom is -0.398 e. The number of rotatable bonds is 4. The molecule has 4 nitrogen and oxygen atoms in total. The van der Waals surface area contributed by atoms with Crippen molar-refractivity contribution in [1.82, 2.24) is 0 Å². The van der Waals surface area contributed by atoms with Gasteiger partial charge >= 0.3 is 0 Å². The van der Waals surface area contributed by atoms with Gasteiger partial charge in [-0.2, -0.15) is 0 Å². The molecular weight excluding hydrogens is 280 g/mol. The van der Waals surface area contributed by atoms with Crippen molar-refractivity contribution in [2.45, 2.75) is 17.6 Å². The van der Waals surface area contributed by atoms with Gasteiger partial charge in [-0.25, -0.2) is 8.42 Å². The van der Waals surface area contributed by atoms with E-state index >= 15 is 0 Å².